The first-order valence-electron chi connectivity index (χ1n) is 6.17. The van der Waals surface area contributed by atoms with Gasteiger partial charge < -0.3 is 10.1 Å². The van der Waals surface area contributed by atoms with Gasteiger partial charge >= 0.3 is 0 Å². The van der Waals surface area contributed by atoms with E-state index in [4.69, 9.17) is 16.3 Å². The molecule has 1 aromatic heterocycles. The normalized spacial score (nSPS) is 10.4. The number of aryl methyl sites for hydroxylation is 2. The van der Waals surface area contributed by atoms with E-state index >= 15 is 0 Å². The first-order valence-corrected chi connectivity index (χ1v) is 6.55. The van der Waals surface area contributed by atoms with E-state index in [0.717, 1.165) is 0 Å². The van der Waals surface area contributed by atoms with Crippen LogP contribution in [-0.4, -0.2) is 27.7 Å². The molecule has 8 nitrogen and oxygen atoms in total. The Morgan fingerprint density at radius 3 is 2.64 bits per heavy atom. The third-order valence-corrected chi connectivity index (χ3v) is 3.41. The fraction of sp³-hybridized carbons (Fsp3) is 0.231. The van der Waals surface area contributed by atoms with E-state index in [1.165, 1.54) is 30.0 Å². The summed E-state index contributed by atoms with van der Waals surface area (Å²) in [7, 11) is 2.97. The second-order valence-electron chi connectivity index (χ2n) is 4.50. The largest absolute Gasteiger partial charge is 0.496 e. The highest BCUT2D eigenvalue weighted by Crippen LogP contribution is 2.27. The number of nitrogens with one attached hydrogen (secondary N) is 1. The summed E-state index contributed by atoms with van der Waals surface area (Å²) in [6.07, 6.45) is 0. The van der Waals surface area contributed by atoms with Crippen LogP contribution < -0.4 is 10.1 Å². The highest BCUT2D eigenvalue weighted by atomic mass is 35.5. The molecule has 0 saturated heterocycles. The van der Waals surface area contributed by atoms with Crippen molar-refractivity contribution in [2.75, 3.05) is 12.4 Å². The van der Waals surface area contributed by atoms with Gasteiger partial charge in [-0.05, 0) is 6.92 Å². The predicted molar refractivity (Wildman–Crippen MR) is 80.6 cm³/mol. The lowest BCUT2D eigenvalue weighted by molar-refractivity contribution is -0.384. The van der Waals surface area contributed by atoms with Crippen molar-refractivity contribution in [2.24, 2.45) is 7.05 Å². The number of nitro benzene ring substituents is 1. The molecule has 1 heterocycles. The molecule has 0 aliphatic heterocycles. The SMILES string of the molecule is COc1cc(NC(=O)c2c(Cl)c(C)nn2C)cc([N+](=O)[O-])c1. The highest BCUT2D eigenvalue weighted by molar-refractivity contribution is 6.34. The van der Waals surface area contributed by atoms with Crippen LogP contribution in [-0.2, 0) is 7.05 Å². The maximum atomic E-state index is 12.3. The zero-order valence-electron chi connectivity index (χ0n) is 12.1. The van der Waals surface area contributed by atoms with Gasteiger partial charge in [-0.3, -0.25) is 19.6 Å². The highest BCUT2D eigenvalue weighted by Gasteiger charge is 2.20. The lowest BCUT2D eigenvalue weighted by atomic mass is 10.2. The number of amides is 1. The minimum atomic E-state index is -0.570. The van der Waals surface area contributed by atoms with Gasteiger partial charge in [-0.15, -0.1) is 0 Å². The molecule has 0 atom stereocenters. The van der Waals surface area contributed by atoms with Crippen molar-refractivity contribution in [1.29, 1.82) is 0 Å². The first-order chi connectivity index (χ1) is 10.3. The Morgan fingerprint density at radius 1 is 1.45 bits per heavy atom. The molecular formula is C13H13ClN4O4. The second-order valence-corrected chi connectivity index (χ2v) is 4.88. The summed E-state index contributed by atoms with van der Waals surface area (Å²) >= 11 is 6.04. The van der Waals surface area contributed by atoms with Gasteiger partial charge in [0.1, 0.15) is 11.4 Å². The quantitative estimate of drug-likeness (QED) is 0.688. The predicted octanol–water partition coefficient (Wildman–Crippen LogP) is 2.55. The minimum absolute atomic E-state index is 0.171. The lowest BCUT2D eigenvalue weighted by Crippen LogP contribution is -2.16. The van der Waals surface area contributed by atoms with Crippen LogP contribution >= 0.6 is 11.6 Å². The van der Waals surface area contributed by atoms with Crippen molar-refractivity contribution in [3.8, 4) is 5.75 Å². The molecule has 0 radical (unpaired) electrons. The number of hydrogen-bond donors (Lipinski definition) is 1. The van der Waals surface area contributed by atoms with Gasteiger partial charge in [-0.1, -0.05) is 11.6 Å². The molecule has 0 unspecified atom stereocenters. The third-order valence-electron chi connectivity index (χ3n) is 2.96. The molecule has 9 heteroatoms. The zero-order chi connectivity index (χ0) is 16.4. The molecule has 0 aliphatic rings. The molecule has 1 aromatic carbocycles. The van der Waals surface area contributed by atoms with E-state index in [9.17, 15) is 14.9 Å². The molecule has 2 aromatic rings. The monoisotopic (exact) mass is 324 g/mol. The average molecular weight is 325 g/mol. The van der Waals surface area contributed by atoms with E-state index in [1.54, 1.807) is 14.0 Å². The molecule has 116 valence electrons. The zero-order valence-corrected chi connectivity index (χ0v) is 12.8. The molecule has 0 aliphatic carbocycles. The summed E-state index contributed by atoms with van der Waals surface area (Å²) in [5, 5.41) is 17.7. The number of aromatic nitrogens is 2. The molecular weight excluding hydrogens is 312 g/mol. The van der Waals surface area contributed by atoms with E-state index in [-0.39, 0.29) is 27.8 Å². The number of rotatable bonds is 4. The molecule has 2 rings (SSSR count). The molecule has 0 spiro atoms. The Labute approximate surface area is 130 Å². The van der Waals surface area contributed by atoms with Crippen LogP contribution in [0.4, 0.5) is 11.4 Å². The topological polar surface area (TPSA) is 99.3 Å². The van der Waals surface area contributed by atoms with Crippen molar-refractivity contribution in [1.82, 2.24) is 9.78 Å². The summed E-state index contributed by atoms with van der Waals surface area (Å²) in [6.45, 7) is 1.68. The van der Waals surface area contributed by atoms with Crippen LogP contribution in [0, 0.1) is 17.0 Å². The van der Waals surface area contributed by atoms with Crippen LogP contribution in [0.3, 0.4) is 0 Å². The molecule has 0 bridgehead atoms. The molecule has 1 N–H and O–H groups in total. The summed E-state index contributed by atoms with van der Waals surface area (Å²) in [5.41, 5.74) is 0.725. The number of hydrogen-bond acceptors (Lipinski definition) is 5. The molecule has 0 saturated carbocycles. The maximum Gasteiger partial charge on any atom is 0.275 e. The van der Waals surface area contributed by atoms with Gasteiger partial charge in [-0.25, -0.2) is 0 Å². The Balaban J connectivity index is 2.36. The van der Waals surface area contributed by atoms with Gasteiger partial charge in [0.05, 0.1) is 34.5 Å². The number of methoxy groups -OCH3 is 1. The second kappa shape index (κ2) is 6.02. The van der Waals surface area contributed by atoms with Crippen LogP contribution in [0.25, 0.3) is 0 Å². The van der Waals surface area contributed by atoms with Crippen LogP contribution in [0.5, 0.6) is 5.75 Å². The Bertz CT molecular complexity index is 757. The van der Waals surface area contributed by atoms with Gasteiger partial charge in [0.2, 0.25) is 0 Å². The average Bonchev–Trinajstić information content (AvgIpc) is 2.71. The summed E-state index contributed by atoms with van der Waals surface area (Å²) in [4.78, 5) is 22.6. The summed E-state index contributed by atoms with van der Waals surface area (Å²) < 4.78 is 6.33. The number of anilines is 1. The van der Waals surface area contributed by atoms with Gasteiger partial charge in [0.25, 0.3) is 11.6 Å². The Kier molecular flexibility index (Phi) is 4.32. The van der Waals surface area contributed by atoms with E-state index in [2.05, 4.69) is 10.4 Å². The lowest BCUT2D eigenvalue weighted by Gasteiger charge is -2.08. The number of carbonyl (C=O) groups is 1. The molecule has 22 heavy (non-hydrogen) atoms. The van der Waals surface area contributed by atoms with Gasteiger partial charge in [0, 0.05) is 19.2 Å². The van der Waals surface area contributed by atoms with E-state index in [1.807, 2.05) is 0 Å². The van der Waals surface area contributed by atoms with Crippen molar-refractivity contribution in [2.45, 2.75) is 6.92 Å². The number of non-ortho nitro benzene ring substituents is 1. The first kappa shape index (κ1) is 15.8. The van der Waals surface area contributed by atoms with Gasteiger partial charge in [-0.2, -0.15) is 5.10 Å². The summed E-state index contributed by atoms with van der Waals surface area (Å²) in [6, 6.07) is 3.97. The van der Waals surface area contributed by atoms with Crippen molar-refractivity contribution in [3.63, 3.8) is 0 Å². The number of halogens is 1. The molecule has 1 amide bonds. The molecule has 0 fully saturated rings. The Morgan fingerprint density at radius 2 is 2.14 bits per heavy atom. The van der Waals surface area contributed by atoms with Crippen LogP contribution in [0.1, 0.15) is 16.2 Å². The van der Waals surface area contributed by atoms with Gasteiger partial charge in [0.15, 0.2) is 0 Å². The van der Waals surface area contributed by atoms with Crippen molar-refractivity contribution in [3.05, 3.63) is 44.7 Å². The number of nitrogens with zero attached hydrogens (tertiary/aromatic N) is 3. The number of nitro groups is 1. The fourth-order valence-corrected chi connectivity index (χ4v) is 2.19. The van der Waals surface area contributed by atoms with E-state index < -0.39 is 10.8 Å². The van der Waals surface area contributed by atoms with Crippen LogP contribution in [0.2, 0.25) is 5.02 Å². The van der Waals surface area contributed by atoms with E-state index in [0.29, 0.717) is 5.69 Å². The summed E-state index contributed by atoms with van der Waals surface area (Å²) in [5.74, 6) is -0.257. The Hall–Kier alpha value is -2.61. The van der Waals surface area contributed by atoms with Crippen molar-refractivity contribution < 1.29 is 14.5 Å². The number of benzene rings is 1. The maximum absolute atomic E-state index is 12.3. The number of carbonyl (C=O) groups excluding carboxylic acids is 1. The van der Waals surface area contributed by atoms with Crippen LogP contribution in [0.15, 0.2) is 18.2 Å². The third kappa shape index (κ3) is 3.01. The minimum Gasteiger partial charge on any atom is -0.496 e. The fourth-order valence-electron chi connectivity index (χ4n) is 1.95. The smallest absolute Gasteiger partial charge is 0.275 e. The standard InChI is InChI=1S/C13H13ClN4O4/c1-7-11(14)12(17(2)16-7)13(19)15-8-4-9(18(20)21)6-10(5-8)22-3/h4-6H,1-3H3,(H,15,19). The van der Waals surface area contributed by atoms with Crippen molar-refractivity contribution >= 4 is 28.9 Å². The number of ether oxygens (including phenoxy) is 1.